The number of β-lactam (4-membered cyclic amide) rings is 1. The predicted molar refractivity (Wildman–Crippen MR) is 114 cm³/mol. The first-order valence-corrected chi connectivity index (χ1v) is 11.2. The third-order valence-electron chi connectivity index (χ3n) is 6.03. The molecule has 0 aromatic heterocycles. The fraction of sp³-hybridized carbons (Fsp3) is 0.364. The van der Waals surface area contributed by atoms with Crippen molar-refractivity contribution in [2.45, 2.75) is 42.7 Å². The number of rotatable bonds is 6. The van der Waals surface area contributed by atoms with Crippen molar-refractivity contribution in [3.05, 3.63) is 75.8 Å². The summed E-state index contributed by atoms with van der Waals surface area (Å²) >= 11 is 0. The van der Waals surface area contributed by atoms with Crippen LogP contribution < -0.4 is 0 Å². The second-order valence-electron chi connectivity index (χ2n) is 8.35. The van der Waals surface area contributed by atoms with Gasteiger partial charge in [0.25, 0.3) is 5.69 Å². The summed E-state index contributed by atoms with van der Waals surface area (Å²) in [5, 5.41) is 20.7. The monoisotopic (exact) mass is 458 g/mol. The number of ether oxygens (including phenoxy) is 1. The third kappa shape index (κ3) is 3.49. The Morgan fingerprint density at radius 2 is 1.84 bits per heavy atom. The molecule has 1 amide bonds. The molecule has 32 heavy (non-hydrogen) atoms. The molecule has 2 heterocycles. The van der Waals surface area contributed by atoms with E-state index in [1.165, 1.54) is 29.2 Å². The van der Waals surface area contributed by atoms with Crippen LogP contribution >= 0.6 is 0 Å². The fourth-order valence-electron chi connectivity index (χ4n) is 4.27. The number of fused-ring (bicyclic) bond motifs is 1. The van der Waals surface area contributed by atoms with Gasteiger partial charge in [0.2, 0.25) is 5.91 Å². The molecule has 0 saturated carbocycles. The van der Waals surface area contributed by atoms with E-state index in [0.717, 1.165) is 0 Å². The van der Waals surface area contributed by atoms with Crippen LogP contribution in [0.5, 0.6) is 0 Å². The van der Waals surface area contributed by atoms with Gasteiger partial charge in [-0.05, 0) is 37.1 Å². The van der Waals surface area contributed by atoms with Crippen molar-refractivity contribution >= 4 is 28.4 Å². The summed E-state index contributed by atoms with van der Waals surface area (Å²) in [5.74, 6) is -2.04. The van der Waals surface area contributed by atoms with Gasteiger partial charge in [-0.25, -0.2) is 4.79 Å². The van der Waals surface area contributed by atoms with Crippen molar-refractivity contribution in [1.82, 2.24) is 4.90 Å². The normalized spacial score (nSPS) is 26.7. The molecule has 0 bridgehead atoms. The highest BCUT2D eigenvalue weighted by atomic mass is 32.2. The summed E-state index contributed by atoms with van der Waals surface area (Å²) in [5.41, 5.74) is 1.01. The maximum atomic E-state index is 13.2. The summed E-state index contributed by atoms with van der Waals surface area (Å²) in [6.07, 6.45) is -1.13. The highest BCUT2D eigenvalue weighted by molar-refractivity contribution is 7.87. The van der Waals surface area contributed by atoms with Crippen LogP contribution in [0.2, 0.25) is 0 Å². The average Bonchev–Trinajstić information content (AvgIpc) is 2.96. The molecular formula is C22H22N2O7S. The van der Waals surface area contributed by atoms with E-state index < -0.39 is 55.8 Å². The number of benzene rings is 2. The molecule has 4 rings (SSSR count). The Balaban J connectivity index is 1.50. The molecule has 1 N–H and O–H groups in total. The summed E-state index contributed by atoms with van der Waals surface area (Å²) < 4.78 is 17.5. The molecule has 2 fully saturated rings. The van der Waals surface area contributed by atoms with Crippen LogP contribution in [0.3, 0.4) is 0 Å². The maximum Gasteiger partial charge on any atom is 0.330 e. The first-order chi connectivity index (χ1) is 15.1. The number of esters is 1. The highest BCUT2D eigenvalue weighted by Gasteiger charge is 2.69. The molecule has 0 radical (unpaired) electrons. The van der Waals surface area contributed by atoms with Crippen LogP contribution in [0, 0.1) is 16.0 Å². The highest BCUT2D eigenvalue weighted by Crippen LogP contribution is 2.50. The van der Waals surface area contributed by atoms with E-state index in [0.29, 0.717) is 11.1 Å². The van der Waals surface area contributed by atoms with Gasteiger partial charge >= 0.3 is 5.97 Å². The number of aliphatic hydroxyl groups is 1. The quantitative estimate of drug-likeness (QED) is 0.304. The fourth-order valence-corrected chi connectivity index (χ4v) is 6.29. The molecule has 2 aliphatic rings. The molecule has 0 aliphatic carbocycles. The molecule has 10 heteroatoms. The minimum atomic E-state index is -1.60. The van der Waals surface area contributed by atoms with Crippen LogP contribution in [0.4, 0.5) is 5.69 Å². The molecule has 5 atom stereocenters. The first kappa shape index (κ1) is 22.1. The van der Waals surface area contributed by atoms with Gasteiger partial charge < -0.3 is 14.7 Å². The lowest BCUT2D eigenvalue weighted by molar-refractivity contribution is -0.384. The van der Waals surface area contributed by atoms with Gasteiger partial charge in [0, 0.05) is 12.1 Å². The summed E-state index contributed by atoms with van der Waals surface area (Å²) in [7, 11) is -1.60. The third-order valence-corrected chi connectivity index (χ3v) is 8.25. The summed E-state index contributed by atoms with van der Waals surface area (Å²) in [6.45, 7) is 3.13. The molecular weight excluding hydrogens is 436 g/mol. The molecule has 168 valence electrons. The van der Waals surface area contributed by atoms with Crippen LogP contribution in [-0.2, 0) is 31.7 Å². The van der Waals surface area contributed by atoms with E-state index in [4.69, 9.17) is 4.74 Å². The largest absolute Gasteiger partial charge is 0.459 e. The number of amides is 1. The average molecular weight is 458 g/mol. The number of aliphatic hydroxyl groups excluding tert-OH is 1. The first-order valence-electron chi connectivity index (χ1n) is 10.0. The lowest BCUT2D eigenvalue weighted by Gasteiger charge is -2.45. The number of carbonyl (C=O) groups excluding carboxylic acids is 2. The Bertz CT molecular complexity index is 1090. The topological polar surface area (TPSA) is 127 Å². The standard InChI is InChI=1S/C22H22N2O7S/c1-22(2)18(21(27)31-12-13-8-10-15(11-9-13)24(28)29)23-19(26)16(20(23)32(22)30)17(25)14-6-4-3-5-7-14/h3-11,16-18,20,25H,12H2,1-2H3/t16?,17-,18+,20-,32?/m1/s1. The Labute approximate surface area is 186 Å². The number of hydrogen-bond donors (Lipinski definition) is 1. The molecule has 2 aliphatic heterocycles. The van der Waals surface area contributed by atoms with Gasteiger partial charge in [0.05, 0.1) is 26.6 Å². The number of nitro benzene ring substituents is 1. The van der Waals surface area contributed by atoms with Gasteiger partial charge in [-0.1, -0.05) is 30.3 Å². The molecule has 0 spiro atoms. The zero-order chi connectivity index (χ0) is 23.2. The number of non-ortho nitro benzene ring substituents is 1. The van der Waals surface area contributed by atoms with Gasteiger partial charge in [0.1, 0.15) is 23.9 Å². The Morgan fingerprint density at radius 3 is 2.44 bits per heavy atom. The zero-order valence-electron chi connectivity index (χ0n) is 17.4. The summed E-state index contributed by atoms with van der Waals surface area (Å²) in [6, 6.07) is 13.2. The van der Waals surface area contributed by atoms with Crippen molar-refractivity contribution < 1.29 is 28.6 Å². The Morgan fingerprint density at radius 1 is 1.22 bits per heavy atom. The van der Waals surface area contributed by atoms with E-state index in [2.05, 4.69) is 0 Å². The second kappa shape index (κ2) is 8.10. The van der Waals surface area contributed by atoms with Crippen LogP contribution in [0.1, 0.15) is 31.1 Å². The lowest BCUT2D eigenvalue weighted by Crippen LogP contribution is -2.64. The van der Waals surface area contributed by atoms with E-state index in [9.17, 15) is 29.0 Å². The van der Waals surface area contributed by atoms with Crippen LogP contribution in [0.25, 0.3) is 0 Å². The van der Waals surface area contributed by atoms with E-state index in [1.807, 2.05) is 0 Å². The van der Waals surface area contributed by atoms with Gasteiger partial charge in [-0.2, -0.15) is 0 Å². The van der Waals surface area contributed by atoms with Crippen LogP contribution in [-0.4, -0.2) is 47.2 Å². The van der Waals surface area contributed by atoms with Crippen molar-refractivity contribution in [2.75, 3.05) is 0 Å². The molecule has 2 aromatic carbocycles. The van der Waals surface area contributed by atoms with Gasteiger partial charge in [-0.15, -0.1) is 0 Å². The molecule has 2 unspecified atom stereocenters. The van der Waals surface area contributed by atoms with Crippen LogP contribution in [0.15, 0.2) is 54.6 Å². The van der Waals surface area contributed by atoms with E-state index in [-0.39, 0.29) is 12.3 Å². The zero-order valence-corrected chi connectivity index (χ0v) is 18.2. The van der Waals surface area contributed by atoms with E-state index in [1.54, 1.807) is 44.2 Å². The van der Waals surface area contributed by atoms with Crippen molar-refractivity contribution in [3.63, 3.8) is 0 Å². The number of nitrogens with zero attached hydrogens (tertiary/aromatic N) is 2. The Kier molecular flexibility index (Phi) is 5.59. The number of nitro groups is 1. The Hall–Kier alpha value is -3.11. The lowest BCUT2D eigenvalue weighted by atomic mass is 9.85. The van der Waals surface area contributed by atoms with Crippen molar-refractivity contribution in [1.29, 1.82) is 0 Å². The van der Waals surface area contributed by atoms with Gasteiger partial charge in [0.15, 0.2) is 0 Å². The molecule has 2 aromatic rings. The second-order valence-corrected chi connectivity index (χ2v) is 10.5. The predicted octanol–water partition coefficient (Wildman–Crippen LogP) is 2.07. The van der Waals surface area contributed by atoms with Gasteiger partial charge in [-0.3, -0.25) is 19.1 Å². The number of carbonyl (C=O) groups is 2. The smallest absolute Gasteiger partial charge is 0.330 e. The molecule has 9 nitrogen and oxygen atoms in total. The SMILES string of the molecule is CC1(C)[C@H](C(=O)OCc2ccc([N+](=O)[O-])cc2)N2C(=O)C([C@H](O)c3ccccc3)[C@H]2S1=O. The minimum Gasteiger partial charge on any atom is -0.459 e. The number of hydrogen-bond acceptors (Lipinski definition) is 7. The molecule has 2 saturated heterocycles. The summed E-state index contributed by atoms with van der Waals surface area (Å²) in [4.78, 5) is 37.4. The minimum absolute atomic E-state index is 0.0792. The van der Waals surface area contributed by atoms with Crippen molar-refractivity contribution in [3.8, 4) is 0 Å². The van der Waals surface area contributed by atoms with Crippen molar-refractivity contribution in [2.24, 2.45) is 5.92 Å². The maximum absolute atomic E-state index is 13.2. The van der Waals surface area contributed by atoms with E-state index >= 15 is 0 Å².